The Kier molecular flexibility index (Phi) is 5.68. The van der Waals surface area contributed by atoms with E-state index in [1.165, 1.54) is 11.6 Å². The molecule has 0 aliphatic carbocycles. The number of nitrogens with zero attached hydrogens (tertiary/aromatic N) is 1. The van der Waals surface area contributed by atoms with Gasteiger partial charge in [-0.1, -0.05) is 51.1 Å². The quantitative estimate of drug-likeness (QED) is 0.716. The highest BCUT2D eigenvalue weighted by Crippen LogP contribution is 2.39. The van der Waals surface area contributed by atoms with Crippen molar-refractivity contribution in [1.82, 2.24) is 0 Å². The normalized spacial score (nSPS) is 14.5. The lowest BCUT2D eigenvalue weighted by molar-refractivity contribution is -0.124. The monoisotopic (exact) mass is 377 g/mol. The number of benzene rings is 2. The summed E-state index contributed by atoms with van der Waals surface area (Å²) < 4.78 is 5.80. The van der Waals surface area contributed by atoms with Crippen molar-refractivity contribution < 1.29 is 14.3 Å². The molecule has 1 aliphatic heterocycles. The van der Waals surface area contributed by atoms with Crippen LogP contribution in [-0.4, -0.2) is 18.8 Å². The van der Waals surface area contributed by atoms with Crippen LogP contribution in [0.1, 0.15) is 43.9 Å². The number of anilines is 1. The van der Waals surface area contributed by atoms with Gasteiger partial charge in [-0.25, -0.2) is 0 Å². The third kappa shape index (κ3) is 4.33. The van der Waals surface area contributed by atoms with Crippen LogP contribution in [0.2, 0.25) is 0 Å². The Labute approximate surface area is 166 Å². The van der Waals surface area contributed by atoms with Crippen molar-refractivity contribution in [3.05, 3.63) is 71.4 Å². The molecule has 1 amide bonds. The summed E-state index contributed by atoms with van der Waals surface area (Å²) in [7, 11) is 1.70. The zero-order chi connectivity index (χ0) is 20.3. The third-order valence-electron chi connectivity index (χ3n) is 4.97. The number of aryl methyl sites for hydroxylation is 2. The van der Waals surface area contributed by atoms with Crippen LogP contribution in [0.3, 0.4) is 0 Å². The minimum atomic E-state index is -0.202. The fraction of sp³-hybridized carbons (Fsp3) is 0.333. The third-order valence-corrected chi connectivity index (χ3v) is 4.97. The van der Waals surface area contributed by atoms with Gasteiger partial charge in [0.1, 0.15) is 5.75 Å². The van der Waals surface area contributed by atoms with Gasteiger partial charge < -0.3 is 4.74 Å². The second-order valence-electron chi connectivity index (χ2n) is 8.14. The van der Waals surface area contributed by atoms with Gasteiger partial charge in [0, 0.05) is 17.5 Å². The molecular formula is C24H27NO3. The number of rotatable bonds is 5. The highest BCUT2D eigenvalue weighted by Gasteiger charge is 2.26. The molecule has 0 unspecified atom stereocenters. The Bertz CT molecular complexity index is 907. The molecule has 4 heteroatoms. The highest BCUT2D eigenvalue weighted by molar-refractivity contribution is 6.13. The van der Waals surface area contributed by atoms with Gasteiger partial charge in [-0.15, -0.1) is 0 Å². The minimum absolute atomic E-state index is 0.0905. The number of hydrogen-bond donors (Lipinski definition) is 0. The standard InChI is InChI=1S/C24H27NO3/c1-24(2,3)21-15-19(25-13-12-20(26)16-22(25)27)14-18(23(21)28-4)11-10-17-8-6-5-7-9-17/h5-9,12-15H,10-11,16H2,1-4H3. The van der Waals surface area contributed by atoms with Gasteiger partial charge in [0.25, 0.3) is 0 Å². The van der Waals surface area contributed by atoms with Gasteiger partial charge in [0.05, 0.1) is 13.5 Å². The number of carbonyl (C=O) groups is 2. The Morgan fingerprint density at radius 1 is 1.04 bits per heavy atom. The Balaban J connectivity index is 2.04. The van der Waals surface area contributed by atoms with E-state index in [2.05, 4.69) is 32.9 Å². The van der Waals surface area contributed by atoms with Crippen molar-refractivity contribution >= 4 is 17.4 Å². The summed E-state index contributed by atoms with van der Waals surface area (Å²) in [6.07, 6.45) is 4.63. The second-order valence-corrected chi connectivity index (χ2v) is 8.14. The van der Waals surface area contributed by atoms with E-state index in [1.807, 2.05) is 30.3 Å². The molecule has 4 nitrogen and oxygen atoms in total. The van der Waals surface area contributed by atoms with Crippen LogP contribution in [0, 0.1) is 0 Å². The molecule has 0 N–H and O–H groups in total. The molecule has 0 saturated carbocycles. The Hall–Kier alpha value is -2.88. The molecule has 0 bridgehead atoms. The second kappa shape index (κ2) is 8.01. The van der Waals surface area contributed by atoms with Gasteiger partial charge in [-0.05, 0) is 47.6 Å². The molecular weight excluding hydrogens is 350 g/mol. The van der Waals surface area contributed by atoms with Crippen LogP contribution in [0.25, 0.3) is 0 Å². The lowest BCUT2D eigenvalue weighted by Gasteiger charge is -2.28. The first kappa shape index (κ1) is 19.9. The lowest BCUT2D eigenvalue weighted by Crippen LogP contribution is -2.31. The molecule has 2 aromatic carbocycles. The molecule has 0 atom stereocenters. The summed E-state index contributed by atoms with van der Waals surface area (Å²) in [4.78, 5) is 25.6. The average Bonchev–Trinajstić information content (AvgIpc) is 2.65. The summed E-state index contributed by atoms with van der Waals surface area (Å²) >= 11 is 0. The predicted octanol–water partition coefficient (Wildman–Crippen LogP) is 4.60. The number of amides is 1. The summed E-state index contributed by atoms with van der Waals surface area (Å²) in [6, 6.07) is 14.3. The van der Waals surface area contributed by atoms with Crippen LogP contribution in [0.4, 0.5) is 5.69 Å². The zero-order valence-electron chi connectivity index (χ0n) is 17.0. The number of ketones is 1. The van der Waals surface area contributed by atoms with Gasteiger partial charge in [0.15, 0.2) is 5.78 Å². The molecule has 1 aliphatic rings. The number of allylic oxidation sites excluding steroid dienone is 1. The minimum Gasteiger partial charge on any atom is -0.496 e. The molecule has 3 rings (SSSR count). The fourth-order valence-corrected chi connectivity index (χ4v) is 3.48. The smallest absolute Gasteiger partial charge is 0.238 e. The molecule has 0 saturated heterocycles. The van der Waals surface area contributed by atoms with Crippen LogP contribution < -0.4 is 9.64 Å². The highest BCUT2D eigenvalue weighted by atomic mass is 16.5. The van der Waals surface area contributed by atoms with Crippen molar-refractivity contribution in [3.8, 4) is 5.75 Å². The van der Waals surface area contributed by atoms with Gasteiger partial charge in [-0.3, -0.25) is 14.5 Å². The molecule has 28 heavy (non-hydrogen) atoms. The lowest BCUT2D eigenvalue weighted by atomic mass is 9.83. The summed E-state index contributed by atoms with van der Waals surface area (Å²) in [5, 5.41) is 0. The van der Waals surface area contributed by atoms with Crippen LogP contribution >= 0.6 is 0 Å². The number of ether oxygens (including phenoxy) is 1. The molecule has 1 heterocycles. The number of methoxy groups -OCH3 is 1. The van der Waals surface area contributed by atoms with Crippen LogP contribution in [0.15, 0.2) is 54.7 Å². The maximum atomic E-state index is 12.4. The largest absolute Gasteiger partial charge is 0.496 e. The molecule has 0 radical (unpaired) electrons. The van der Waals surface area contributed by atoms with Gasteiger partial charge >= 0.3 is 0 Å². The van der Waals surface area contributed by atoms with Crippen LogP contribution in [0.5, 0.6) is 5.75 Å². The van der Waals surface area contributed by atoms with Crippen molar-refractivity contribution in [2.45, 2.75) is 45.4 Å². The number of carbonyl (C=O) groups excluding carboxylic acids is 2. The first-order valence-corrected chi connectivity index (χ1v) is 9.58. The molecule has 0 spiro atoms. The van der Waals surface area contributed by atoms with E-state index in [1.54, 1.807) is 18.2 Å². The number of hydrogen-bond acceptors (Lipinski definition) is 3. The van der Waals surface area contributed by atoms with E-state index in [0.29, 0.717) is 0 Å². The molecule has 0 fully saturated rings. The van der Waals surface area contributed by atoms with E-state index >= 15 is 0 Å². The van der Waals surface area contributed by atoms with E-state index in [9.17, 15) is 9.59 Å². The first-order valence-electron chi connectivity index (χ1n) is 9.58. The summed E-state index contributed by atoms with van der Waals surface area (Å²) in [6.45, 7) is 6.40. The van der Waals surface area contributed by atoms with Crippen LogP contribution in [-0.2, 0) is 27.8 Å². The maximum Gasteiger partial charge on any atom is 0.238 e. The SMILES string of the molecule is COc1c(CCc2ccccc2)cc(N2C=CC(=O)CC2=O)cc1C(C)(C)C. The maximum absolute atomic E-state index is 12.4. The summed E-state index contributed by atoms with van der Waals surface area (Å²) in [5.74, 6) is 0.512. The van der Waals surface area contributed by atoms with Crippen molar-refractivity contribution in [1.29, 1.82) is 0 Å². The van der Waals surface area contributed by atoms with E-state index < -0.39 is 0 Å². The molecule has 2 aromatic rings. The molecule has 0 aromatic heterocycles. The molecule has 146 valence electrons. The average molecular weight is 377 g/mol. The van der Waals surface area contributed by atoms with Crippen molar-refractivity contribution in [2.24, 2.45) is 0 Å². The Morgan fingerprint density at radius 3 is 2.36 bits per heavy atom. The van der Waals surface area contributed by atoms with E-state index in [4.69, 9.17) is 4.74 Å². The fourth-order valence-electron chi connectivity index (χ4n) is 3.48. The first-order chi connectivity index (χ1) is 13.3. The topological polar surface area (TPSA) is 46.6 Å². The van der Waals surface area contributed by atoms with Gasteiger partial charge in [-0.2, -0.15) is 0 Å². The Morgan fingerprint density at radius 2 is 1.75 bits per heavy atom. The summed E-state index contributed by atoms with van der Waals surface area (Å²) in [5.41, 5.74) is 4.00. The van der Waals surface area contributed by atoms with E-state index in [0.717, 1.165) is 35.4 Å². The van der Waals surface area contributed by atoms with Crippen molar-refractivity contribution in [2.75, 3.05) is 12.0 Å². The van der Waals surface area contributed by atoms with Crippen molar-refractivity contribution in [3.63, 3.8) is 0 Å². The zero-order valence-corrected chi connectivity index (χ0v) is 17.0. The predicted molar refractivity (Wildman–Crippen MR) is 112 cm³/mol. The van der Waals surface area contributed by atoms with Gasteiger partial charge in [0.2, 0.25) is 5.91 Å². The van der Waals surface area contributed by atoms with E-state index in [-0.39, 0.29) is 23.5 Å².